The summed E-state index contributed by atoms with van der Waals surface area (Å²) in [6.45, 7) is 6.11. The van der Waals surface area contributed by atoms with Gasteiger partial charge < -0.3 is 0 Å². The van der Waals surface area contributed by atoms with E-state index in [2.05, 4.69) is 13.8 Å². The Kier molecular flexibility index (Phi) is 15.0. The second-order valence-electron chi connectivity index (χ2n) is 9.33. The van der Waals surface area contributed by atoms with Gasteiger partial charge >= 0.3 is 6.18 Å². The molecule has 0 bridgehead atoms. The van der Waals surface area contributed by atoms with Crippen LogP contribution in [0.1, 0.15) is 139 Å². The van der Waals surface area contributed by atoms with Gasteiger partial charge in [0.15, 0.2) is 0 Å². The molecule has 0 spiro atoms. The molecule has 0 amide bonds. The minimum absolute atomic E-state index is 0.354. The van der Waals surface area contributed by atoms with E-state index in [1.54, 1.807) is 13.0 Å². The molecule has 0 aliphatic rings. The van der Waals surface area contributed by atoms with Crippen molar-refractivity contribution < 1.29 is 13.2 Å². The van der Waals surface area contributed by atoms with Gasteiger partial charge in [-0.15, -0.1) is 0 Å². The molecule has 1 rings (SSSR count). The molecule has 0 saturated heterocycles. The summed E-state index contributed by atoms with van der Waals surface area (Å²) in [5, 5.41) is 0. The first-order valence-electron chi connectivity index (χ1n) is 13.1. The predicted molar refractivity (Wildman–Crippen MR) is 129 cm³/mol. The summed E-state index contributed by atoms with van der Waals surface area (Å²) in [6.07, 6.45) is 16.1. The summed E-state index contributed by atoms with van der Waals surface area (Å²) in [6, 6.07) is 3.73. The Morgan fingerprint density at radius 1 is 0.548 bits per heavy atom. The fourth-order valence-electron chi connectivity index (χ4n) is 4.58. The third-order valence-electron chi connectivity index (χ3n) is 6.55. The fraction of sp³-hybridized carbons (Fsp3) is 0.786. The van der Waals surface area contributed by atoms with Crippen LogP contribution in [0.2, 0.25) is 0 Å². The highest BCUT2D eigenvalue weighted by Crippen LogP contribution is 2.37. The Bertz CT molecular complexity index is 574. The Morgan fingerprint density at radius 2 is 0.903 bits per heavy atom. The number of unbranched alkanes of at least 4 members (excludes halogenated alkanes) is 14. The molecule has 1 aromatic rings. The average Bonchev–Trinajstić information content (AvgIpc) is 2.72. The largest absolute Gasteiger partial charge is 0.416 e. The summed E-state index contributed by atoms with van der Waals surface area (Å²) in [7, 11) is 0. The van der Waals surface area contributed by atoms with Crippen LogP contribution >= 0.6 is 0 Å². The Labute approximate surface area is 190 Å². The molecule has 0 fully saturated rings. The molecule has 0 nitrogen and oxygen atoms in total. The average molecular weight is 441 g/mol. The SMILES string of the molecule is CCCCCCCCCCc1ccc(CCCCCCCCCC)c(C(F)(F)F)c1C. The van der Waals surface area contributed by atoms with Crippen LogP contribution in [-0.2, 0) is 19.0 Å². The number of alkyl halides is 3. The van der Waals surface area contributed by atoms with Gasteiger partial charge in [-0.25, -0.2) is 0 Å². The van der Waals surface area contributed by atoms with E-state index in [1.165, 1.54) is 70.6 Å². The smallest absolute Gasteiger partial charge is 0.166 e. The third-order valence-corrected chi connectivity index (χ3v) is 6.55. The van der Waals surface area contributed by atoms with Gasteiger partial charge in [-0.1, -0.05) is 116 Å². The van der Waals surface area contributed by atoms with Crippen LogP contribution in [0.25, 0.3) is 0 Å². The monoisotopic (exact) mass is 440 g/mol. The van der Waals surface area contributed by atoms with E-state index in [4.69, 9.17) is 0 Å². The first-order valence-corrected chi connectivity index (χ1v) is 13.1. The highest BCUT2D eigenvalue weighted by atomic mass is 19.4. The van der Waals surface area contributed by atoms with Crippen molar-refractivity contribution in [2.24, 2.45) is 0 Å². The van der Waals surface area contributed by atoms with Gasteiger partial charge in [0.2, 0.25) is 0 Å². The molecule has 180 valence electrons. The van der Waals surface area contributed by atoms with E-state index in [0.29, 0.717) is 17.5 Å². The number of aryl methyl sites for hydroxylation is 2. The molecule has 0 heterocycles. The van der Waals surface area contributed by atoms with E-state index in [1.807, 2.05) is 6.07 Å². The first-order chi connectivity index (χ1) is 14.9. The Morgan fingerprint density at radius 3 is 1.32 bits per heavy atom. The number of hydrogen-bond donors (Lipinski definition) is 0. The van der Waals surface area contributed by atoms with Crippen molar-refractivity contribution in [3.63, 3.8) is 0 Å². The quantitative estimate of drug-likeness (QED) is 0.199. The number of hydrogen-bond acceptors (Lipinski definition) is 0. The van der Waals surface area contributed by atoms with Crippen LogP contribution < -0.4 is 0 Å². The summed E-state index contributed by atoms with van der Waals surface area (Å²) < 4.78 is 41.5. The van der Waals surface area contributed by atoms with Gasteiger partial charge in [0.1, 0.15) is 0 Å². The molecule has 0 radical (unpaired) electrons. The van der Waals surface area contributed by atoms with Crippen LogP contribution in [0.3, 0.4) is 0 Å². The molecule has 31 heavy (non-hydrogen) atoms. The highest BCUT2D eigenvalue weighted by molar-refractivity contribution is 5.42. The molecule has 3 heteroatoms. The van der Waals surface area contributed by atoms with Crippen molar-refractivity contribution in [3.8, 4) is 0 Å². The molecular formula is C28H47F3. The van der Waals surface area contributed by atoms with Crippen molar-refractivity contribution in [3.05, 3.63) is 34.4 Å². The molecule has 0 aliphatic heterocycles. The van der Waals surface area contributed by atoms with Gasteiger partial charge in [-0.05, 0) is 49.3 Å². The third kappa shape index (κ3) is 12.0. The second-order valence-corrected chi connectivity index (χ2v) is 9.33. The Hall–Kier alpha value is -0.990. The summed E-state index contributed by atoms with van der Waals surface area (Å²) in [5.41, 5.74) is 1.49. The van der Waals surface area contributed by atoms with Crippen molar-refractivity contribution in [2.45, 2.75) is 143 Å². The van der Waals surface area contributed by atoms with Gasteiger partial charge in [0, 0.05) is 0 Å². The van der Waals surface area contributed by atoms with Crippen molar-refractivity contribution in [1.29, 1.82) is 0 Å². The van der Waals surface area contributed by atoms with E-state index >= 15 is 0 Å². The predicted octanol–water partition coefficient (Wildman–Crippen LogP) is 10.4. The van der Waals surface area contributed by atoms with E-state index in [0.717, 1.165) is 44.1 Å². The molecule has 0 aromatic heterocycles. The molecule has 0 unspecified atom stereocenters. The lowest BCUT2D eigenvalue weighted by Crippen LogP contribution is -2.13. The zero-order valence-electron chi connectivity index (χ0n) is 20.5. The minimum Gasteiger partial charge on any atom is -0.166 e. The lowest BCUT2D eigenvalue weighted by atomic mass is 9.91. The van der Waals surface area contributed by atoms with Gasteiger partial charge in [-0.2, -0.15) is 13.2 Å². The maximum atomic E-state index is 13.8. The van der Waals surface area contributed by atoms with Crippen molar-refractivity contribution >= 4 is 0 Å². The van der Waals surface area contributed by atoms with Crippen LogP contribution in [-0.4, -0.2) is 0 Å². The minimum atomic E-state index is -4.26. The van der Waals surface area contributed by atoms with Crippen molar-refractivity contribution in [1.82, 2.24) is 0 Å². The van der Waals surface area contributed by atoms with Gasteiger partial charge in [0.05, 0.1) is 5.56 Å². The maximum Gasteiger partial charge on any atom is 0.416 e. The number of rotatable bonds is 18. The summed E-state index contributed by atoms with van der Waals surface area (Å²) in [5.74, 6) is 0. The first kappa shape index (κ1) is 28.0. The van der Waals surface area contributed by atoms with Crippen LogP contribution in [0.15, 0.2) is 12.1 Å². The summed E-state index contributed by atoms with van der Waals surface area (Å²) in [4.78, 5) is 0. The lowest BCUT2D eigenvalue weighted by Gasteiger charge is -2.19. The van der Waals surface area contributed by atoms with E-state index in [-0.39, 0.29) is 5.56 Å². The number of benzene rings is 1. The topological polar surface area (TPSA) is 0 Å². The molecular weight excluding hydrogens is 393 g/mol. The van der Waals surface area contributed by atoms with Crippen LogP contribution in [0, 0.1) is 6.92 Å². The number of halogens is 3. The molecule has 0 N–H and O–H groups in total. The van der Waals surface area contributed by atoms with E-state index < -0.39 is 6.18 Å². The molecule has 1 aromatic carbocycles. The van der Waals surface area contributed by atoms with E-state index in [9.17, 15) is 13.2 Å². The zero-order chi connectivity index (χ0) is 23.0. The second kappa shape index (κ2) is 16.6. The highest BCUT2D eigenvalue weighted by Gasteiger charge is 2.35. The van der Waals surface area contributed by atoms with Crippen molar-refractivity contribution in [2.75, 3.05) is 0 Å². The molecule has 0 aliphatic carbocycles. The fourth-order valence-corrected chi connectivity index (χ4v) is 4.58. The van der Waals surface area contributed by atoms with Gasteiger partial charge in [0.25, 0.3) is 0 Å². The molecule has 0 atom stereocenters. The normalized spacial score (nSPS) is 11.9. The Balaban J connectivity index is 2.50. The standard InChI is InChI=1S/C28H47F3/c1-4-6-8-10-12-14-16-18-20-25-22-23-26(27(24(25)3)28(29,30)31)21-19-17-15-13-11-9-7-5-2/h22-23H,4-21H2,1-3H3. The van der Waals surface area contributed by atoms with Gasteiger partial charge in [-0.3, -0.25) is 0 Å². The maximum absolute atomic E-state index is 13.8. The zero-order valence-corrected chi connectivity index (χ0v) is 20.5. The summed E-state index contributed by atoms with van der Waals surface area (Å²) >= 11 is 0. The van der Waals surface area contributed by atoms with Crippen LogP contribution in [0.5, 0.6) is 0 Å². The van der Waals surface area contributed by atoms with Crippen LogP contribution in [0.4, 0.5) is 13.2 Å². The lowest BCUT2D eigenvalue weighted by molar-refractivity contribution is -0.138. The molecule has 0 saturated carbocycles.